The van der Waals surface area contributed by atoms with Crippen LogP contribution in [0.1, 0.15) is 10.4 Å². The number of nitrogens with zero attached hydrogens (tertiary/aromatic N) is 1. The van der Waals surface area contributed by atoms with E-state index in [1.54, 1.807) is 17.6 Å². The van der Waals surface area contributed by atoms with E-state index in [2.05, 4.69) is 26.5 Å². The summed E-state index contributed by atoms with van der Waals surface area (Å²) in [6, 6.07) is 11.5. The van der Waals surface area contributed by atoms with Gasteiger partial charge in [0.05, 0.1) is 12.6 Å². The number of rotatable bonds is 4. The molecule has 0 spiro atoms. The van der Waals surface area contributed by atoms with Crippen molar-refractivity contribution in [2.45, 2.75) is 6.42 Å². The summed E-state index contributed by atoms with van der Waals surface area (Å²) in [6.45, 7) is 0. The van der Waals surface area contributed by atoms with Crippen molar-refractivity contribution in [1.29, 1.82) is 0 Å². The summed E-state index contributed by atoms with van der Waals surface area (Å²) < 4.78 is 1.00. The van der Waals surface area contributed by atoms with Gasteiger partial charge in [0.25, 0.3) is 0 Å². The highest BCUT2D eigenvalue weighted by Crippen LogP contribution is 2.10. The smallest absolute Gasteiger partial charge is 0.244 e. The molecule has 0 aliphatic carbocycles. The highest BCUT2D eigenvalue weighted by atomic mass is 79.9. The number of thiophene rings is 1. The Balaban J connectivity index is 1.84. The van der Waals surface area contributed by atoms with E-state index in [9.17, 15) is 4.79 Å². The zero-order chi connectivity index (χ0) is 12.8. The molecule has 2 aromatic rings. The summed E-state index contributed by atoms with van der Waals surface area (Å²) >= 11 is 4.93. The van der Waals surface area contributed by atoms with Crippen LogP contribution in [0.5, 0.6) is 0 Å². The van der Waals surface area contributed by atoms with Gasteiger partial charge in [-0.2, -0.15) is 5.10 Å². The van der Waals surface area contributed by atoms with E-state index < -0.39 is 0 Å². The minimum atomic E-state index is -0.120. The van der Waals surface area contributed by atoms with Crippen molar-refractivity contribution in [3.8, 4) is 0 Å². The van der Waals surface area contributed by atoms with Gasteiger partial charge in [-0.25, -0.2) is 5.43 Å². The van der Waals surface area contributed by atoms with Crippen LogP contribution in [0.2, 0.25) is 0 Å². The molecule has 0 fully saturated rings. The standard InChI is InChI=1S/C13H11BrN2OS/c14-11-5-3-10(4-6-11)8-13(17)16-15-9-12-2-1-7-18-12/h1-7,9H,8H2,(H,16,17)/b15-9+. The van der Waals surface area contributed by atoms with Gasteiger partial charge < -0.3 is 0 Å². The second-order valence-corrected chi connectivity index (χ2v) is 5.51. The molecule has 1 aromatic heterocycles. The van der Waals surface area contributed by atoms with Crippen molar-refractivity contribution >= 4 is 39.4 Å². The third-order valence-corrected chi connectivity index (χ3v) is 3.54. The van der Waals surface area contributed by atoms with Crippen LogP contribution in [-0.4, -0.2) is 12.1 Å². The van der Waals surface area contributed by atoms with Crippen molar-refractivity contribution in [3.63, 3.8) is 0 Å². The molecule has 0 aliphatic rings. The minimum Gasteiger partial charge on any atom is -0.273 e. The molecule has 1 amide bonds. The Morgan fingerprint density at radius 3 is 2.78 bits per heavy atom. The summed E-state index contributed by atoms with van der Waals surface area (Å²) in [6.07, 6.45) is 1.97. The van der Waals surface area contributed by atoms with Crippen molar-refractivity contribution in [3.05, 3.63) is 56.7 Å². The molecule has 1 N–H and O–H groups in total. The molecule has 92 valence electrons. The van der Waals surface area contributed by atoms with Gasteiger partial charge in [0.15, 0.2) is 0 Å². The van der Waals surface area contributed by atoms with Gasteiger partial charge in [0, 0.05) is 9.35 Å². The molecule has 0 saturated heterocycles. The molecular formula is C13H11BrN2OS. The van der Waals surface area contributed by atoms with E-state index in [0.29, 0.717) is 6.42 Å². The maximum absolute atomic E-state index is 11.6. The largest absolute Gasteiger partial charge is 0.273 e. The van der Waals surface area contributed by atoms with Crippen molar-refractivity contribution in [1.82, 2.24) is 5.43 Å². The summed E-state index contributed by atoms with van der Waals surface area (Å²) in [5, 5.41) is 5.87. The molecule has 2 rings (SSSR count). The Morgan fingerprint density at radius 2 is 2.11 bits per heavy atom. The number of hydrogen-bond donors (Lipinski definition) is 1. The lowest BCUT2D eigenvalue weighted by molar-refractivity contribution is -0.120. The Bertz CT molecular complexity index is 535. The van der Waals surface area contributed by atoms with Gasteiger partial charge in [-0.1, -0.05) is 34.1 Å². The molecular weight excluding hydrogens is 312 g/mol. The first-order valence-corrected chi connectivity index (χ1v) is 7.01. The van der Waals surface area contributed by atoms with E-state index >= 15 is 0 Å². The molecule has 1 aromatic carbocycles. The third-order valence-electron chi connectivity index (χ3n) is 2.20. The number of hydrazone groups is 1. The molecule has 0 unspecified atom stereocenters. The third kappa shape index (κ3) is 4.09. The number of hydrogen-bond acceptors (Lipinski definition) is 3. The van der Waals surface area contributed by atoms with Gasteiger partial charge in [-0.3, -0.25) is 4.79 Å². The molecule has 0 atom stereocenters. The average Bonchev–Trinajstić information content (AvgIpc) is 2.85. The molecule has 0 saturated carbocycles. The zero-order valence-corrected chi connectivity index (χ0v) is 11.9. The first kappa shape index (κ1) is 13.0. The number of amides is 1. The molecule has 5 heteroatoms. The monoisotopic (exact) mass is 322 g/mol. The predicted octanol–water partition coefficient (Wildman–Crippen LogP) is 3.20. The first-order chi connectivity index (χ1) is 8.74. The molecule has 18 heavy (non-hydrogen) atoms. The van der Waals surface area contributed by atoms with E-state index in [1.165, 1.54) is 0 Å². The lowest BCUT2D eigenvalue weighted by Crippen LogP contribution is -2.19. The van der Waals surface area contributed by atoms with Crippen LogP contribution in [-0.2, 0) is 11.2 Å². The normalized spacial score (nSPS) is 10.7. The average molecular weight is 323 g/mol. The fraction of sp³-hybridized carbons (Fsp3) is 0.0769. The Kier molecular flexibility index (Phi) is 4.66. The van der Waals surface area contributed by atoms with Crippen LogP contribution in [0.3, 0.4) is 0 Å². The summed E-state index contributed by atoms with van der Waals surface area (Å²) in [5.74, 6) is -0.120. The zero-order valence-electron chi connectivity index (χ0n) is 9.47. The maximum Gasteiger partial charge on any atom is 0.244 e. The number of nitrogens with one attached hydrogen (secondary N) is 1. The van der Waals surface area contributed by atoms with E-state index in [0.717, 1.165) is 14.9 Å². The fourth-order valence-electron chi connectivity index (χ4n) is 1.36. The number of carbonyl (C=O) groups excluding carboxylic acids is 1. The predicted molar refractivity (Wildman–Crippen MR) is 77.9 cm³/mol. The van der Waals surface area contributed by atoms with Crippen LogP contribution >= 0.6 is 27.3 Å². The summed E-state index contributed by atoms with van der Waals surface area (Å²) in [7, 11) is 0. The van der Waals surface area contributed by atoms with Crippen LogP contribution in [0, 0.1) is 0 Å². The van der Waals surface area contributed by atoms with E-state index in [4.69, 9.17) is 0 Å². The quantitative estimate of drug-likeness (QED) is 0.681. The first-order valence-electron chi connectivity index (χ1n) is 5.34. The van der Waals surface area contributed by atoms with Gasteiger partial charge in [0.1, 0.15) is 0 Å². The lowest BCUT2D eigenvalue weighted by Gasteiger charge is -2.00. The van der Waals surface area contributed by atoms with Crippen molar-refractivity contribution in [2.75, 3.05) is 0 Å². The molecule has 0 aliphatic heterocycles. The molecule has 0 radical (unpaired) electrons. The Hall–Kier alpha value is -1.46. The summed E-state index contributed by atoms with van der Waals surface area (Å²) in [4.78, 5) is 12.6. The van der Waals surface area contributed by atoms with Crippen molar-refractivity contribution < 1.29 is 4.79 Å². The number of halogens is 1. The number of benzene rings is 1. The highest BCUT2D eigenvalue weighted by Gasteiger charge is 2.01. The highest BCUT2D eigenvalue weighted by molar-refractivity contribution is 9.10. The van der Waals surface area contributed by atoms with Gasteiger partial charge >= 0.3 is 0 Å². The molecule has 3 nitrogen and oxygen atoms in total. The maximum atomic E-state index is 11.6. The number of carbonyl (C=O) groups is 1. The molecule has 1 heterocycles. The van der Waals surface area contributed by atoms with Gasteiger partial charge in [-0.15, -0.1) is 11.3 Å². The second kappa shape index (κ2) is 6.47. The second-order valence-electron chi connectivity index (χ2n) is 3.61. The van der Waals surface area contributed by atoms with Gasteiger partial charge in [0.2, 0.25) is 5.91 Å². The Labute approximate surface area is 118 Å². The van der Waals surface area contributed by atoms with Crippen molar-refractivity contribution in [2.24, 2.45) is 5.10 Å². The molecule has 0 bridgehead atoms. The SMILES string of the molecule is O=C(Cc1ccc(Br)cc1)N/N=C/c1cccs1. The van der Waals surface area contributed by atoms with Gasteiger partial charge in [-0.05, 0) is 29.1 Å². The van der Waals surface area contributed by atoms with E-state index in [1.807, 2.05) is 41.8 Å². The lowest BCUT2D eigenvalue weighted by atomic mass is 10.1. The van der Waals surface area contributed by atoms with Crippen LogP contribution in [0.15, 0.2) is 51.4 Å². The summed E-state index contributed by atoms with van der Waals surface area (Å²) in [5.41, 5.74) is 3.47. The topological polar surface area (TPSA) is 41.5 Å². The van der Waals surface area contributed by atoms with Crippen LogP contribution < -0.4 is 5.43 Å². The van der Waals surface area contributed by atoms with Crippen LogP contribution in [0.25, 0.3) is 0 Å². The minimum absolute atomic E-state index is 0.120. The van der Waals surface area contributed by atoms with Crippen LogP contribution in [0.4, 0.5) is 0 Å². The Morgan fingerprint density at radius 1 is 1.33 bits per heavy atom. The fourth-order valence-corrected chi connectivity index (χ4v) is 2.21. The van der Waals surface area contributed by atoms with E-state index in [-0.39, 0.29) is 5.91 Å².